The molecule has 1 aliphatic carbocycles. The minimum atomic E-state index is -0.992. The Balaban J connectivity index is 1.33. The lowest BCUT2D eigenvalue weighted by Gasteiger charge is -2.44. The number of hydrogen-bond acceptors (Lipinski definition) is 8. The van der Waals surface area contributed by atoms with E-state index < -0.39 is 22.7 Å². The van der Waals surface area contributed by atoms with Gasteiger partial charge in [0.05, 0.1) is 51.9 Å². The fourth-order valence-corrected chi connectivity index (χ4v) is 6.29. The monoisotopic (exact) mass is 573 g/mol. The number of ether oxygens (including phenoxy) is 1. The number of rotatable bonds is 5. The molecular weight excluding hydrogens is 540 g/mol. The normalized spacial score (nSPS) is 25.7. The third kappa shape index (κ3) is 4.79. The summed E-state index contributed by atoms with van der Waals surface area (Å²) in [6.07, 6.45) is 7.13. The fraction of sp³-hybridized carbons (Fsp3) is 0.419. The molecule has 4 aromatic rings. The van der Waals surface area contributed by atoms with Crippen molar-refractivity contribution in [1.82, 2.24) is 19.6 Å². The van der Waals surface area contributed by atoms with Crippen LogP contribution in [0.5, 0.6) is 0 Å². The van der Waals surface area contributed by atoms with Crippen molar-refractivity contribution in [3.05, 3.63) is 71.7 Å². The maximum Gasteiger partial charge on any atom is 0.229 e. The standard InChI is InChI=1S/C31H33F2N7O2/c1-18-11-19(12-27(35)30(18,2)41)22-5-8-36-16-26(22)38-29-37-15-21-3-4-25(39-40(21)29)28-23(32)13-20(14-24(28)33)31(17-34)6-9-42-10-7-31/h3-5,8,13-16,18-19,27,41H,6-7,9-12,35H2,1-2H3,(H,37,38). The van der Waals surface area contributed by atoms with Crippen LogP contribution in [0.25, 0.3) is 16.8 Å². The number of nitriles is 1. The average Bonchev–Trinajstić information content (AvgIpc) is 3.38. The topological polar surface area (TPSA) is 134 Å². The van der Waals surface area contributed by atoms with Crippen LogP contribution < -0.4 is 11.1 Å². The Kier molecular flexibility index (Phi) is 7.17. The van der Waals surface area contributed by atoms with Crippen LogP contribution in [0.15, 0.2) is 48.9 Å². The third-order valence-corrected chi connectivity index (χ3v) is 9.26. The molecule has 2 fully saturated rings. The molecule has 4 unspecified atom stereocenters. The van der Waals surface area contributed by atoms with E-state index in [9.17, 15) is 10.4 Å². The van der Waals surface area contributed by atoms with E-state index in [2.05, 4.69) is 26.5 Å². The molecule has 6 rings (SSSR count). The lowest BCUT2D eigenvalue weighted by atomic mass is 9.68. The van der Waals surface area contributed by atoms with E-state index >= 15 is 8.78 Å². The highest BCUT2D eigenvalue weighted by Gasteiger charge is 2.42. The molecule has 1 saturated carbocycles. The zero-order valence-corrected chi connectivity index (χ0v) is 23.5. The number of imidazole rings is 1. The van der Waals surface area contributed by atoms with Crippen molar-refractivity contribution in [3.63, 3.8) is 0 Å². The zero-order valence-electron chi connectivity index (χ0n) is 23.5. The van der Waals surface area contributed by atoms with Gasteiger partial charge in [0.25, 0.3) is 0 Å². The van der Waals surface area contributed by atoms with Crippen LogP contribution in [-0.2, 0) is 10.2 Å². The molecule has 2 aliphatic rings. The minimum Gasteiger partial charge on any atom is -0.388 e. The van der Waals surface area contributed by atoms with Crippen molar-refractivity contribution in [2.75, 3.05) is 18.5 Å². The molecule has 218 valence electrons. The molecule has 42 heavy (non-hydrogen) atoms. The predicted molar refractivity (Wildman–Crippen MR) is 153 cm³/mol. The molecule has 4 N–H and O–H groups in total. The largest absolute Gasteiger partial charge is 0.388 e. The summed E-state index contributed by atoms with van der Waals surface area (Å²) < 4.78 is 37.9. The molecule has 0 bridgehead atoms. The van der Waals surface area contributed by atoms with Crippen LogP contribution in [0.4, 0.5) is 20.4 Å². The predicted octanol–water partition coefficient (Wildman–Crippen LogP) is 4.98. The third-order valence-electron chi connectivity index (χ3n) is 9.26. The molecule has 4 atom stereocenters. The van der Waals surface area contributed by atoms with Gasteiger partial charge in [0, 0.05) is 25.5 Å². The van der Waals surface area contributed by atoms with Crippen molar-refractivity contribution in [2.45, 2.75) is 62.5 Å². The van der Waals surface area contributed by atoms with Crippen LogP contribution in [0, 0.1) is 28.9 Å². The molecule has 1 saturated heterocycles. The van der Waals surface area contributed by atoms with E-state index in [1.165, 1.54) is 16.6 Å². The van der Waals surface area contributed by atoms with E-state index in [4.69, 9.17) is 10.5 Å². The number of halogens is 2. The molecule has 11 heteroatoms. The smallest absolute Gasteiger partial charge is 0.229 e. The van der Waals surface area contributed by atoms with Gasteiger partial charge < -0.3 is 20.9 Å². The summed E-state index contributed by atoms with van der Waals surface area (Å²) in [6.45, 7) is 4.51. The molecule has 0 radical (unpaired) electrons. The Morgan fingerprint density at radius 2 is 1.88 bits per heavy atom. The SMILES string of the molecule is CC1CC(c2ccncc2Nc2ncc3ccc(-c4c(F)cc(C5(C#N)CCOCC5)cc4F)nn23)CC(N)C1(C)O. The van der Waals surface area contributed by atoms with Gasteiger partial charge in [-0.25, -0.2) is 13.8 Å². The summed E-state index contributed by atoms with van der Waals surface area (Å²) >= 11 is 0. The van der Waals surface area contributed by atoms with Crippen molar-refractivity contribution in [2.24, 2.45) is 11.7 Å². The van der Waals surface area contributed by atoms with Gasteiger partial charge >= 0.3 is 0 Å². The second-order valence-electron chi connectivity index (χ2n) is 11.7. The van der Waals surface area contributed by atoms with E-state index in [1.807, 2.05) is 13.0 Å². The number of hydrogen-bond donors (Lipinski definition) is 3. The van der Waals surface area contributed by atoms with Crippen LogP contribution in [0.1, 0.15) is 56.6 Å². The maximum atomic E-state index is 15.5. The van der Waals surface area contributed by atoms with Crippen molar-refractivity contribution >= 4 is 17.2 Å². The van der Waals surface area contributed by atoms with Crippen molar-refractivity contribution in [1.29, 1.82) is 5.26 Å². The van der Waals surface area contributed by atoms with E-state index in [-0.39, 0.29) is 29.1 Å². The molecule has 9 nitrogen and oxygen atoms in total. The number of pyridine rings is 1. The highest BCUT2D eigenvalue weighted by atomic mass is 19.1. The van der Waals surface area contributed by atoms with Gasteiger partial charge in [-0.1, -0.05) is 6.92 Å². The molecule has 0 spiro atoms. The van der Waals surface area contributed by atoms with E-state index in [0.29, 0.717) is 55.2 Å². The Bertz CT molecular complexity index is 1640. The Morgan fingerprint density at radius 3 is 2.57 bits per heavy atom. The summed E-state index contributed by atoms with van der Waals surface area (Å²) in [4.78, 5) is 8.75. The maximum absolute atomic E-state index is 15.5. The zero-order chi connectivity index (χ0) is 29.6. The second-order valence-corrected chi connectivity index (χ2v) is 11.7. The summed E-state index contributed by atoms with van der Waals surface area (Å²) in [5.41, 5.74) is 6.86. The van der Waals surface area contributed by atoms with Crippen molar-refractivity contribution in [3.8, 4) is 17.3 Å². The van der Waals surface area contributed by atoms with E-state index in [1.54, 1.807) is 37.6 Å². The number of nitrogens with zero attached hydrogens (tertiary/aromatic N) is 5. The fourth-order valence-electron chi connectivity index (χ4n) is 6.29. The van der Waals surface area contributed by atoms with Crippen LogP contribution >= 0.6 is 0 Å². The number of benzene rings is 1. The Morgan fingerprint density at radius 1 is 1.14 bits per heavy atom. The first-order chi connectivity index (χ1) is 20.1. The second kappa shape index (κ2) is 10.7. The lowest BCUT2D eigenvalue weighted by molar-refractivity contribution is -0.0463. The first kappa shape index (κ1) is 28.2. The average molecular weight is 574 g/mol. The number of aliphatic hydroxyl groups is 1. The number of fused-ring (bicyclic) bond motifs is 1. The van der Waals surface area contributed by atoms with Gasteiger partial charge in [-0.15, -0.1) is 0 Å². The molecule has 1 aliphatic heterocycles. The van der Waals surface area contributed by atoms with E-state index in [0.717, 1.165) is 12.0 Å². The molecule has 4 heterocycles. The van der Waals surface area contributed by atoms with Gasteiger partial charge in [0.1, 0.15) is 11.6 Å². The first-order valence-electron chi connectivity index (χ1n) is 14.2. The number of nitrogens with two attached hydrogens (primary N) is 1. The van der Waals surface area contributed by atoms with Gasteiger partial charge in [-0.2, -0.15) is 14.9 Å². The highest BCUT2D eigenvalue weighted by molar-refractivity contribution is 5.66. The summed E-state index contributed by atoms with van der Waals surface area (Å²) in [5, 5.41) is 28.5. The number of aromatic nitrogens is 4. The van der Waals surface area contributed by atoms with Crippen LogP contribution in [0.3, 0.4) is 0 Å². The quantitative estimate of drug-likeness (QED) is 0.305. The van der Waals surface area contributed by atoms with Crippen LogP contribution in [-0.4, -0.2) is 49.5 Å². The molecule has 1 aromatic carbocycles. The highest BCUT2D eigenvalue weighted by Crippen LogP contribution is 2.43. The van der Waals surface area contributed by atoms with Crippen LogP contribution in [0.2, 0.25) is 0 Å². The summed E-state index contributed by atoms with van der Waals surface area (Å²) in [6, 6.07) is 9.52. The van der Waals surface area contributed by atoms with Crippen molar-refractivity contribution < 1.29 is 18.6 Å². The van der Waals surface area contributed by atoms with Gasteiger partial charge in [-0.05, 0) is 85.9 Å². The first-order valence-corrected chi connectivity index (χ1v) is 14.2. The molecular formula is C31H33F2N7O2. The Hall–Kier alpha value is -3.98. The summed E-state index contributed by atoms with van der Waals surface area (Å²) in [5.74, 6) is -1.15. The lowest BCUT2D eigenvalue weighted by Crippen LogP contribution is -2.54. The molecule has 3 aromatic heterocycles. The molecule has 0 amide bonds. The Labute approximate surface area is 242 Å². The minimum absolute atomic E-state index is 0.00517. The van der Waals surface area contributed by atoms with Gasteiger partial charge in [-0.3, -0.25) is 4.98 Å². The summed E-state index contributed by atoms with van der Waals surface area (Å²) in [7, 11) is 0. The van der Waals surface area contributed by atoms with Gasteiger partial charge in [0.2, 0.25) is 5.95 Å². The number of anilines is 2. The van der Waals surface area contributed by atoms with Gasteiger partial charge in [0.15, 0.2) is 0 Å². The number of nitrogens with one attached hydrogen (secondary N) is 1.